The predicted molar refractivity (Wildman–Crippen MR) is 68.4 cm³/mol. The SMILES string of the molecule is CC(C)N(Cc1ccccc1)[C@@H]1CCNC1. The third-order valence-electron chi connectivity index (χ3n) is 3.37. The van der Waals surface area contributed by atoms with Gasteiger partial charge in [-0.2, -0.15) is 0 Å². The highest BCUT2D eigenvalue weighted by molar-refractivity contribution is 5.14. The topological polar surface area (TPSA) is 15.3 Å². The van der Waals surface area contributed by atoms with Crippen molar-refractivity contribution in [3.63, 3.8) is 0 Å². The first-order valence-corrected chi connectivity index (χ1v) is 6.28. The van der Waals surface area contributed by atoms with Crippen molar-refractivity contribution >= 4 is 0 Å². The Balaban J connectivity index is 2.02. The summed E-state index contributed by atoms with van der Waals surface area (Å²) in [6.07, 6.45) is 1.28. The standard InChI is InChI=1S/C14H22N2/c1-12(2)16(14-8-9-15-10-14)11-13-6-4-3-5-7-13/h3-7,12,14-15H,8-11H2,1-2H3/t14-/m1/s1. The van der Waals surface area contributed by atoms with Gasteiger partial charge in [0.25, 0.3) is 0 Å². The summed E-state index contributed by atoms with van der Waals surface area (Å²) in [6.45, 7) is 7.97. The van der Waals surface area contributed by atoms with E-state index in [1.165, 1.54) is 18.5 Å². The van der Waals surface area contributed by atoms with Gasteiger partial charge in [0.05, 0.1) is 0 Å². The highest BCUT2D eigenvalue weighted by Crippen LogP contribution is 2.16. The predicted octanol–water partition coefficient (Wildman–Crippen LogP) is 2.26. The van der Waals surface area contributed by atoms with E-state index in [4.69, 9.17) is 0 Å². The Morgan fingerprint density at radius 3 is 2.62 bits per heavy atom. The average Bonchev–Trinajstić information content (AvgIpc) is 2.80. The molecule has 1 saturated heterocycles. The van der Waals surface area contributed by atoms with Crippen LogP contribution in [0.1, 0.15) is 25.8 Å². The minimum atomic E-state index is 0.616. The minimum Gasteiger partial charge on any atom is -0.315 e. The first-order chi connectivity index (χ1) is 7.77. The van der Waals surface area contributed by atoms with Crippen molar-refractivity contribution < 1.29 is 0 Å². The first-order valence-electron chi connectivity index (χ1n) is 6.28. The van der Waals surface area contributed by atoms with Crippen LogP contribution < -0.4 is 5.32 Å². The van der Waals surface area contributed by atoms with Gasteiger partial charge < -0.3 is 5.32 Å². The van der Waals surface area contributed by atoms with Crippen LogP contribution >= 0.6 is 0 Å². The summed E-state index contributed by atoms with van der Waals surface area (Å²) in [5.41, 5.74) is 1.42. The van der Waals surface area contributed by atoms with Gasteiger partial charge in [-0.3, -0.25) is 4.90 Å². The van der Waals surface area contributed by atoms with Crippen LogP contribution in [-0.4, -0.2) is 30.1 Å². The molecule has 0 aliphatic carbocycles. The average molecular weight is 218 g/mol. The number of hydrogen-bond donors (Lipinski definition) is 1. The Kier molecular flexibility index (Phi) is 3.97. The van der Waals surface area contributed by atoms with Gasteiger partial charge in [-0.15, -0.1) is 0 Å². The van der Waals surface area contributed by atoms with Gasteiger partial charge in [0.1, 0.15) is 0 Å². The molecule has 0 spiro atoms. The minimum absolute atomic E-state index is 0.616. The second-order valence-corrected chi connectivity index (χ2v) is 4.90. The second-order valence-electron chi connectivity index (χ2n) is 4.90. The number of nitrogens with zero attached hydrogens (tertiary/aromatic N) is 1. The van der Waals surface area contributed by atoms with E-state index in [2.05, 4.69) is 54.4 Å². The van der Waals surface area contributed by atoms with Gasteiger partial charge in [0.2, 0.25) is 0 Å². The molecule has 16 heavy (non-hydrogen) atoms. The lowest BCUT2D eigenvalue weighted by atomic mass is 10.1. The van der Waals surface area contributed by atoms with Crippen LogP contribution in [0.3, 0.4) is 0 Å². The van der Waals surface area contributed by atoms with Crippen LogP contribution in [0.5, 0.6) is 0 Å². The Morgan fingerprint density at radius 1 is 1.31 bits per heavy atom. The summed E-state index contributed by atoms with van der Waals surface area (Å²) in [6, 6.07) is 12.1. The molecular formula is C14H22N2. The first kappa shape index (κ1) is 11.6. The molecule has 0 radical (unpaired) electrons. The van der Waals surface area contributed by atoms with Crippen LogP contribution in [0.15, 0.2) is 30.3 Å². The number of benzene rings is 1. The molecule has 1 heterocycles. The fourth-order valence-electron chi connectivity index (χ4n) is 2.45. The second kappa shape index (κ2) is 5.46. The number of hydrogen-bond acceptors (Lipinski definition) is 2. The lowest BCUT2D eigenvalue weighted by Gasteiger charge is -2.32. The molecule has 0 bridgehead atoms. The molecule has 1 fully saturated rings. The van der Waals surface area contributed by atoms with E-state index in [-0.39, 0.29) is 0 Å². The van der Waals surface area contributed by atoms with Crippen LogP contribution in [-0.2, 0) is 6.54 Å². The van der Waals surface area contributed by atoms with E-state index in [0.717, 1.165) is 13.1 Å². The van der Waals surface area contributed by atoms with Crippen molar-refractivity contribution in [1.29, 1.82) is 0 Å². The van der Waals surface area contributed by atoms with Gasteiger partial charge in [0.15, 0.2) is 0 Å². The largest absolute Gasteiger partial charge is 0.315 e. The molecule has 2 heteroatoms. The molecule has 1 aliphatic heterocycles. The number of rotatable bonds is 4. The van der Waals surface area contributed by atoms with Crippen LogP contribution in [0.2, 0.25) is 0 Å². The molecular weight excluding hydrogens is 196 g/mol. The van der Waals surface area contributed by atoms with E-state index < -0.39 is 0 Å². The fraction of sp³-hybridized carbons (Fsp3) is 0.571. The quantitative estimate of drug-likeness (QED) is 0.834. The maximum Gasteiger partial charge on any atom is 0.0239 e. The van der Waals surface area contributed by atoms with E-state index >= 15 is 0 Å². The lowest BCUT2D eigenvalue weighted by molar-refractivity contribution is 0.154. The summed E-state index contributed by atoms with van der Waals surface area (Å²) in [5, 5.41) is 3.45. The van der Waals surface area contributed by atoms with Crippen molar-refractivity contribution in [2.45, 2.75) is 38.9 Å². The molecule has 1 aromatic carbocycles. The third kappa shape index (κ3) is 2.83. The molecule has 1 aromatic rings. The molecule has 0 unspecified atom stereocenters. The Hall–Kier alpha value is -0.860. The zero-order chi connectivity index (χ0) is 11.4. The zero-order valence-electron chi connectivity index (χ0n) is 10.3. The fourth-order valence-corrected chi connectivity index (χ4v) is 2.45. The summed E-state index contributed by atoms with van der Waals surface area (Å²) in [5.74, 6) is 0. The smallest absolute Gasteiger partial charge is 0.0239 e. The van der Waals surface area contributed by atoms with Gasteiger partial charge in [0, 0.05) is 25.2 Å². The van der Waals surface area contributed by atoms with Crippen LogP contribution in [0, 0.1) is 0 Å². The Morgan fingerprint density at radius 2 is 2.06 bits per heavy atom. The monoisotopic (exact) mass is 218 g/mol. The maximum absolute atomic E-state index is 3.45. The molecule has 2 rings (SSSR count). The lowest BCUT2D eigenvalue weighted by Crippen LogP contribution is -2.41. The zero-order valence-corrected chi connectivity index (χ0v) is 10.3. The van der Waals surface area contributed by atoms with E-state index in [1.54, 1.807) is 0 Å². The molecule has 1 N–H and O–H groups in total. The molecule has 1 atom stereocenters. The van der Waals surface area contributed by atoms with Gasteiger partial charge in [-0.25, -0.2) is 0 Å². The maximum atomic E-state index is 3.45. The molecule has 2 nitrogen and oxygen atoms in total. The molecule has 88 valence electrons. The van der Waals surface area contributed by atoms with Crippen molar-refractivity contribution in [2.24, 2.45) is 0 Å². The van der Waals surface area contributed by atoms with Crippen molar-refractivity contribution in [1.82, 2.24) is 10.2 Å². The summed E-state index contributed by atoms with van der Waals surface area (Å²) in [4.78, 5) is 2.61. The summed E-state index contributed by atoms with van der Waals surface area (Å²) in [7, 11) is 0. The van der Waals surface area contributed by atoms with E-state index in [9.17, 15) is 0 Å². The van der Waals surface area contributed by atoms with Gasteiger partial charge >= 0.3 is 0 Å². The van der Waals surface area contributed by atoms with E-state index in [0.29, 0.717) is 12.1 Å². The molecule has 0 aromatic heterocycles. The highest BCUT2D eigenvalue weighted by atomic mass is 15.2. The third-order valence-corrected chi connectivity index (χ3v) is 3.37. The summed E-state index contributed by atoms with van der Waals surface area (Å²) >= 11 is 0. The molecule has 1 aliphatic rings. The van der Waals surface area contributed by atoms with Crippen LogP contribution in [0.25, 0.3) is 0 Å². The Labute approximate surface area is 98.7 Å². The summed E-state index contributed by atoms with van der Waals surface area (Å²) < 4.78 is 0. The van der Waals surface area contributed by atoms with Gasteiger partial charge in [-0.05, 0) is 32.4 Å². The molecule has 0 saturated carbocycles. The normalized spacial score (nSPS) is 20.9. The van der Waals surface area contributed by atoms with Gasteiger partial charge in [-0.1, -0.05) is 30.3 Å². The van der Waals surface area contributed by atoms with E-state index in [1.807, 2.05) is 0 Å². The van der Waals surface area contributed by atoms with Crippen molar-refractivity contribution in [3.8, 4) is 0 Å². The Bertz CT molecular complexity index is 302. The van der Waals surface area contributed by atoms with Crippen LogP contribution in [0.4, 0.5) is 0 Å². The molecule has 0 amide bonds. The van der Waals surface area contributed by atoms with Crippen molar-refractivity contribution in [3.05, 3.63) is 35.9 Å². The highest BCUT2D eigenvalue weighted by Gasteiger charge is 2.24. The van der Waals surface area contributed by atoms with Crippen molar-refractivity contribution in [2.75, 3.05) is 13.1 Å². The number of nitrogens with one attached hydrogen (secondary N) is 1.